The molecule has 1 rings (SSSR count). The molecule has 0 aliphatic rings. The van der Waals surface area contributed by atoms with Gasteiger partial charge in [-0.25, -0.2) is 4.79 Å². The van der Waals surface area contributed by atoms with E-state index in [1.165, 1.54) is 7.11 Å². The summed E-state index contributed by atoms with van der Waals surface area (Å²) >= 11 is 0. The van der Waals surface area contributed by atoms with E-state index in [0.717, 1.165) is 5.56 Å². The normalized spacial score (nSPS) is 13.4. The van der Waals surface area contributed by atoms with Gasteiger partial charge in [0.1, 0.15) is 12.4 Å². The van der Waals surface area contributed by atoms with E-state index in [0.29, 0.717) is 5.75 Å². The van der Waals surface area contributed by atoms with Gasteiger partial charge < -0.3 is 19.3 Å². The first-order valence-corrected chi connectivity index (χ1v) is 6.92. The molecule has 0 spiro atoms. The second-order valence-electron chi connectivity index (χ2n) is 5.26. The Morgan fingerprint density at radius 2 is 1.77 bits per heavy atom. The van der Waals surface area contributed by atoms with Crippen LogP contribution >= 0.6 is 0 Å². The Kier molecular flexibility index (Phi) is 6.37. The maximum atomic E-state index is 12.1. The van der Waals surface area contributed by atoms with Crippen LogP contribution in [0.2, 0.25) is 0 Å². The minimum atomic E-state index is -1.90. The van der Waals surface area contributed by atoms with E-state index in [4.69, 9.17) is 9.47 Å². The van der Waals surface area contributed by atoms with Crippen LogP contribution in [0.4, 0.5) is 0 Å². The SMILES string of the molecule is COC(=O)CC(O)(C(=O)OCc1ccc(OC)cc1)C(C)C. The first kappa shape index (κ1) is 18.0. The Hall–Kier alpha value is -2.08. The van der Waals surface area contributed by atoms with Crippen molar-refractivity contribution >= 4 is 11.9 Å². The zero-order valence-electron chi connectivity index (χ0n) is 13.3. The quantitative estimate of drug-likeness (QED) is 0.772. The van der Waals surface area contributed by atoms with E-state index >= 15 is 0 Å². The Morgan fingerprint density at radius 1 is 1.18 bits per heavy atom. The average molecular weight is 310 g/mol. The summed E-state index contributed by atoms with van der Waals surface area (Å²) < 4.78 is 14.7. The highest BCUT2D eigenvalue weighted by Crippen LogP contribution is 2.24. The summed E-state index contributed by atoms with van der Waals surface area (Å²) in [5.41, 5.74) is -1.15. The maximum Gasteiger partial charge on any atom is 0.339 e. The van der Waals surface area contributed by atoms with Gasteiger partial charge in [0.15, 0.2) is 5.60 Å². The highest BCUT2D eigenvalue weighted by molar-refractivity contribution is 5.85. The van der Waals surface area contributed by atoms with Gasteiger partial charge in [-0.2, -0.15) is 0 Å². The fraction of sp³-hybridized carbons (Fsp3) is 0.500. The zero-order chi connectivity index (χ0) is 16.8. The van der Waals surface area contributed by atoms with Crippen molar-refractivity contribution in [2.75, 3.05) is 14.2 Å². The largest absolute Gasteiger partial charge is 0.497 e. The molecule has 0 aliphatic heterocycles. The topological polar surface area (TPSA) is 82.1 Å². The number of ether oxygens (including phenoxy) is 3. The van der Waals surface area contributed by atoms with Crippen LogP contribution in [0.1, 0.15) is 25.8 Å². The van der Waals surface area contributed by atoms with Crippen LogP contribution in [0.3, 0.4) is 0 Å². The molecule has 1 atom stereocenters. The van der Waals surface area contributed by atoms with Crippen molar-refractivity contribution in [3.05, 3.63) is 29.8 Å². The number of methoxy groups -OCH3 is 2. The molecule has 0 radical (unpaired) electrons. The first-order chi connectivity index (χ1) is 10.3. The van der Waals surface area contributed by atoms with Gasteiger partial charge in [-0.05, 0) is 23.6 Å². The summed E-state index contributed by atoms with van der Waals surface area (Å²) in [5, 5.41) is 10.4. The molecule has 0 fully saturated rings. The average Bonchev–Trinajstić information content (AvgIpc) is 2.52. The molecule has 0 saturated heterocycles. The highest BCUT2D eigenvalue weighted by atomic mass is 16.6. The van der Waals surface area contributed by atoms with Gasteiger partial charge in [-0.1, -0.05) is 26.0 Å². The Labute approximate surface area is 130 Å². The van der Waals surface area contributed by atoms with E-state index in [1.54, 1.807) is 45.2 Å². The lowest BCUT2D eigenvalue weighted by atomic mass is 9.87. The van der Waals surface area contributed by atoms with E-state index < -0.39 is 29.9 Å². The minimum Gasteiger partial charge on any atom is -0.497 e. The van der Waals surface area contributed by atoms with E-state index in [-0.39, 0.29) is 6.61 Å². The zero-order valence-corrected chi connectivity index (χ0v) is 13.3. The van der Waals surface area contributed by atoms with Crippen LogP contribution in [0.25, 0.3) is 0 Å². The number of aliphatic hydroxyl groups is 1. The number of rotatable bonds is 7. The fourth-order valence-electron chi connectivity index (χ4n) is 1.80. The number of carbonyl (C=O) groups excluding carboxylic acids is 2. The molecule has 0 aliphatic carbocycles. The third-order valence-corrected chi connectivity index (χ3v) is 3.48. The molecule has 0 heterocycles. The summed E-state index contributed by atoms with van der Waals surface area (Å²) in [7, 11) is 2.76. The van der Waals surface area contributed by atoms with Crippen molar-refractivity contribution in [3.63, 3.8) is 0 Å². The second-order valence-corrected chi connectivity index (χ2v) is 5.26. The predicted octanol–water partition coefficient (Wildman–Crippen LogP) is 1.69. The van der Waals surface area contributed by atoms with Crippen molar-refractivity contribution in [3.8, 4) is 5.75 Å². The number of carbonyl (C=O) groups is 2. The first-order valence-electron chi connectivity index (χ1n) is 6.92. The summed E-state index contributed by atoms with van der Waals surface area (Å²) in [4.78, 5) is 23.5. The summed E-state index contributed by atoms with van der Waals surface area (Å²) in [6, 6.07) is 6.99. The van der Waals surface area contributed by atoms with Crippen LogP contribution in [-0.4, -0.2) is 36.9 Å². The Morgan fingerprint density at radius 3 is 2.23 bits per heavy atom. The van der Waals surface area contributed by atoms with Crippen LogP contribution in [0.5, 0.6) is 5.75 Å². The monoisotopic (exact) mass is 310 g/mol. The van der Waals surface area contributed by atoms with Crippen LogP contribution in [0, 0.1) is 5.92 Å². The Bertz CT molecular complexity index is 508. The molecule has 6 heteroatoms. The van der Waals surface area contributed by atoms with Crippen LogP contribution in [0.15, 0.2) is 24.3 Å². The predicted molar refractivity (Wildman–Crippen MR) is 79.2 cm³/mol. The molecule has 1 unspecified atom stereocenters. The second kappa shape index (κ2) is 7.79. The molecule has 1 aromatic rings. The van der Waals surface area contributed by atoms with Gasteiger partial charge in [0.25, 0.3) is 0 Å². The third-order valence-electron chi connectivity index (χ3n) is 3.48. The number of hydrogen-bond donors (Lipinski definition) is 1. The standard InChI is InChI=1S/C16H22O6/c1-11(2)16(19,9-14(17)21-4)15(18)22-10-12-5-7-13(20-3)8-6-12/h5-8,11,19H,9-10H2,1-4H3. The number of benzene rings is 1. The van der Waals surface area contributed by atoms with E-state index in [9.17, 15) is 14.7 Å². The lowest BCUT2D eigenvalue weighted by Gasteiger charge is -2.28. The van der Waals surface area contributed by atoms with Gasteiger partial charge in [-0.3, -0.25) is 4.79 Å². The van der Waals surface area contributed by atoms with Crippen molar-refractivity contribution < 1.29 is 28.9 Å². The number of esters is 2. The molecule has 0 amide bonds. The molecule has 1 N–H and O–H groups in total. The van der Waals surface area contributed by atoms with Gasteiger partial charge in [0.05, 0.1) is 20.6 Å². The minimum absolute atomic E-state index is 0.000962. The highest BCUT2D eigenvalue weighted by Gasteiger charge is 2.43. The lowest BCUT2D eigenvalue weighted by molar-refractivity contribution is -0.178. The fourth-order valence-corrected chi connectivity index (χ4v) is 1.80. The summed E-state index contributed by atoms with van der Waals surface area (Å²) in [5.74, 6) is -1.31. The van der Waals surface area contributed by atoms with E-state index in [2.05, 4.69) is 4.74 Å². The van der Waals surface area contributed by atoms with E-state index in [1.807, 2.05) is 0 Å². The van der Waals surface area contributed by atoms with Crippen molar-refractivity contribution in [1.29, 1.82) is 0 Å². The van der Waals surface area contributed by atoms with Gasteiger partial charge in [0, 0.05) is 0 Å². The van der Waals surface area contributed by atoms with Crippen molar-refractivity contribution in [2.45, 2.75) is 32.5 Å². The lowest BCUT2D eigenvalue weighted by Crippen LogP contribution is -2.47. The number of hydrogen-bond acceptors (Lipinski definition) is 6. The van der Waals surface area contributed by atoms with Crippen LogP contribution in [-0.2, 0) is 25.7 Å². The molecule has 0 aromatic heterocycles. The van der Waals surface area contributed by atoms with Crippen molar-refractivity contribution in [2.24, 2.45) is 5.92 Å². The maximum absolute atomic E-state index is 12.1. The summed E-state index contributed by atoms with van der Waals surface area (Å²) in [6.07, 6.45) is -0.442. The molecule has 22 heavy (non-hydrogen) atoms. The van der Waals surface area contributed by atoms with Crippen LogP contribution < -0.4 is 4.74 Å². The summed E-state index contributed by atoms with van der Waals surface area (Å²) in [6.45, 7) is 3.27. The molecule has 6 nitrogen and oxygen atoms in total. The molecular formula is C16H22O6. The third kappa shape index (κ3) is 4.46. The van der Waals surface area contributed by atoms with Gasteiger partial charge >= 0.3 is 11.9 Å². The molecule has 122 valence electrons. The molecule has 1 aromatic carbocycles. The smallest absolute Gasteiger partial charge is 0.339 e. The molecule has 0 bridgehead atoms. The van der Waals surface area contributed by atoms with Gasteiger partial charge in [-0.15, -0.1) is 0 Å². The van der Waals surface area contributed by atoms with Gasteiger partial charge in [0.2, 0.25) is 0 Å². The Balaban J connectivity index is 2.72. The van der Waals surface area contributed by atoms with Crippen molar-refractivity contribution in [1.82, 2.24) is 0 Å². The molecule has 0 saturated carbocycles. The molecular weight excluding hydrogens is 288 g/mol.